The van der Waals surface area contributed by atoms with E-state index in [9.17, 15) is 10.2 Å². The Bertz CT molecular complexity index is 181. The van der Waals surface area contributed by atoms with E-state index < -0.39 is 12.2 Å². The summed E-state index contributed by atoms with van der Waals surface area (Å²) in [7, 11) is 1.70. The molecule has 13 heavy (non-hydrogen) atoms. The van der Waals surface area contributed by atoms with E-state index in [-0.39, 0.29) is 5.92 Å². The van der Waals surface area contributed by atoms with E-state index in [0.717, 1.165) is 25.9 Å². The fourth-order valence-electron chi connectivity index (χ4n) is 3.02. The van der Waals surface area contributed by atoms with Crippen LogP contribution >= 0.6 is 0 Å². The van der Waals surface area contributed by atoms with Gasteiger partial charge in [0.25, 0.3) is 0 Å². The molecule has 0 saturated heterocycles. The number of methoxy groups -OCH3 is 1. The second-order valence-corrected chi connectivity index (χ2v) is 4.43. The summed E-state index contributed by atoms with van der Waals surface area (Å²) in [5.74, 6) is 1.03. The van der Waals surface area contributed by atoms with Gasteiger partial charge in [0.05, 0.1) is 12.2 Å². The van der Waals surface area contributed by atoms with Crippen LogP contribution in [0, 0.1) is 17.8 Å². The maximum absolute atomic E-state index is 9.76. The molecule has 3 aliphatic rings. The van der Waals surface area contributed by atoms with Gasteiger partial charge in [0.1, 0.15) is 0 Å². The first-order chi connectivity index (χ1) is 6.24. The normalized spacial score (nSPS) is 49.6. The second kappa shape index (κ2) is 3.56. The number of aliphatic hydroxyl groups excluding tert-OH is 2. The molecule has 0 unspecified atom stereocenters. The minimum atomic E-state index is -0.507. The number of hydrogen-bond acceptors (Lipinski definition) is 3. The minimum absolute atomic E-state index is 0.264. The Labute approximate surface area is 78.7 Å². The van der Waals surface area contributed by atoms with E-state index in [1.54, 1.807) is 7.11 Å². The van der Waals surface area contributed by atoms with Gasteiger partial charge >= 0.3 is 0 Å². The van der Waals surface area contributed by atoms with E-state index in [1.807, 2.05) is 0 Å². The van der Waals surface area contributed by atoms with Gasteiger partial charge in [-0.15, -0.1) is 0 Å². The first-order valence-corrected chi connectivity index (χ1v) is 5.09. The maximum Gasteiger partial charge on any atom is 0.0833 e. The van der Waals surface area contributed by atoms with Gasteiger partial charge in [0.2, 0.25) is 0 Å². The van der Waals surface area contributed by atoms with E-state index in [2.05, 4.69) is 0 Å². The Morgan fingerprint density at radius 1 is 1.23 bits per heavy atom. The topological polar surface area (TPSA) is 49.7 Å². The van der Waals surface area contributed by atoms with Crippen LogP contribution in [-0.2, 0) is 4.74 Å². The molecule has 3 saturated carbocycles. The minimum Gasteiger partial charge on any atom is -0.390 e. The summed E-state index contributed by atoms with van der Waals surface area (Å²) in [6.07, 6.45) is 2.16. The molecule has 2 bridgehead atoms. The molecule has 0 aromatic heterocycles. The molecule has 0 spiro atoms. The Morgan fingerprint density at radius 2 is 2.00 bits per heavy atom. The Balaban J connectivity index is 2.05. The summed E-state index contributed by atoms with van der Waals surface area (Å²) in [6.45, 7) is 0.727. The molecule has 5 atom stereocenters. The van der Waals surface area contributed by atoms with Crippen molar-refractivity contribution in [3.05, 3.63) is 0 Å². The van der Waals surface area contributed by atoms with Gasteiger partial charge in [-0.2, -0.15) is 0 Å². The summed E-state index contributed by atoms with van der Waals surface area (Å²) < 4.78 is 5.12. The number of rotatable bonds is 2. The summed E-state index contributed by atoms with van der Waals surface area (Å²) in [5, 5.41) is 19.4. The lowest BCUT2D eigenvalue weighted by Crippen LogP contribution is -2.52. The molecule has 2 N–H and O–H groups in total. The summed E-state index contributed by atoms with van der Waals surface area (Å²) in [6, 6.07) is 0. The van der Waals surface area contributed by atoms with Crippen LogP contribution < -0.4 is 0 Å². The van der Waals surface area contributed by atoms with Gasteiger partial charge in [-0.3, -0.25) is 0 Å². The van der Waals surface area contributed by atoms with Crippen molar-refractivity contribution in [2.75, 3.05) is 13.7 Å². The van der Waals surface area contributed by atoms with Crippen molar-refractivity contribution < 1.29 is 14.9 Å². The molecule has 0 amide bonds. The van der Waals surface area contributed by atoms with E-state index in [1.165, 1.54) is 0 Å². The number of aliphatic hydroxyl groups is 2. The Hall–Kier alpha value is -0.120. The highest BCUT2D eigenvalue weighted by Crippen LogP contribution is 2.45. The number of hydrogen-bond donors (Lipinski definition) is 2. The molecule has 3 heteroatoms. The Morgan fingerprint density at radius 3 is 2.62 bits per heavy atom. The quantitative estimate of drug-likeness (QED) is 0.656. The molecule has 3 nitrogen and oxygen atoms in total. The average Bonchev–Trinajstić information content (AvgIpc) is 2.14. The standard InChI is InChI=1S/C10H18O3/c1-13-5-7-4-6-2-3-8(7)10(12)9(6)11/h6-12H,2-5H2,1H3/t6-,7-,8+,9-,10+/m1/s1. The van der Waals surface area contributed by atoms with E-state index in [4.69, 9.17) is 4.74 Å². The molecule has 0 aliphatic heterocycles. The lowest BCUT2D eigenvalue weighted by molar-refractivity contribution is -0.141. The van der Waals surface area contributed by atoms with Gasteiger partial charge in [0.15, 0.2) is 0 Å². The molecule has 76 valence electrons. The van der Waals surface area contributed by atoms with Gasteiger partial charge in [-0.1, -0.05) is 0 Å². The predicted octanol–water partition coefficient (Wildman–Crippen LogP) is 0.401. The zero-order valence-electron chi connectivity index (χ0n) is 8.02. The predicted molar refractivity (Wildman–Crippen MR) is 48.2 cm³/mol. The summed E-state index contributed by atoms with van der Waals surface area (Å²) in [5.41, 5.74) is 0. The highest BCUT2D eigenvalue weighted by atomic mass is 16.5. The average molecular weight is 186 g/mol. The Kier molecular flexibility index (Phi) is 2.58. The van der Waals surface area contributed by atoms with Crippen molar-refractivity contribution in [1.82, 2.24) is 0 Å². The van der Waals surface area contributed by atoms with Crippen molar-refractivity contribution in [2.24, 2.45) is 17.8 Å². The molecular formula is C10H18O3. The monoisotopic (exact) mass is 186 g/mol. The fraction of sp³-hybridized carbons (Fsp3) is 1.00. The first-order valence-electron chi connectivity index (χ1n) is 5.09. The van der Waals surface area contributed by atoms with Crippen molar-refractivity contribution in [2.45, 2.75) is 31.5 Å². The molecular weight excluding hydrogens is 168 g/mol. The van der Waals surface area contributed by atoms with E-state index in [0.29, 0.717) is 11.8 Å². The largest absolute Gasteiger partial charge is 0.390 e. The smallest absolute Gasteiger partial charge is 0.0833 e. The third kappa shape index (κ3) is 1.49. The van der Waals surface area contributed by atoms with Crippen LogP contribution in [0.2, 0.25) is 0 Å². The first kappa shape index (κ1) is 9.44. The van der Waals surface area contributed by atoms with Crippen LogP contribution in [-0.4, -0.2) is 36.1 Å². The van der Waals surface area contributed by atoms with Crippen molar-refractivity contribution >= 4 is 0 Å². The summed E-state index contributed by atoms with van der Waals surface area (Å²) >= 11 is 0. The van der Waals surface area contributed by atoms with Gasteiger partial charge in [-0.25, -0.2) is 0 Å². The zero-order valence-corrected chi connectivity index (χ0v) is 8.02. The number of fused-ring (bicyclic) bond motifs is 3. The molecule has 3 rings (SSSR count). The van der Waals surface area contributed by atoms with Crippen LogP contribution in [0.4, 0.5) is 0 Å². The van der Waals surface area contributed by atoms with Crippen molar-refractivity contribution in [1.29, 1.82) is 0 Å². The molecule has 3 fully saturated rings. The molecule has 0 heterocycles. The van der Waals surface area contributed by atoms with E-state index >= 15 is 0 Å². The second-order valence-electron chi connectivity index (χ2n) is 4.43. The lowest BCUT2D eigenvalue weighted by Gasteiger charge is -2.48. The molecule has 0 aromatic carbocycles. The van der Waals surface area contributed by atoms with Crippen molar-refractivity contribution in [3.8, 4) is 0 Å². The molecule has 3 aliphatic carbocycles. The fourth-order valence-corrected chi connectivity index (χ4v) is 3.02. The maximum atomic E-state index is 9.76. The van der Waals surface area contributed by atoms with Crippen molar-refractivity contribution in [3.63, 3.8) is 0 Å². The van der Waals surface area contributed by atoms with Gasteiger partial charge in [-0.05, 0) is 37.0 Å². The van der Waals surface area contributed by atoms with Crippen LogP contribution in [0.25, 0.3) is 0 Å². The SMILES string of the molecule is COC[C@H]1C[C@H]2CC[C@@H]1[C@H](O)[C@@H]2O. The van der Waals surface area contributed by atoms with Crippen LogP contribution in [0.3, 0.4) is 0 Å². The third-order valence-electron chi connectivity index (χ3n) is 3.73. The summed E-state index contributed by atoms with van der Waals surface area (Å²) in [4.78, 5) is 0. The highest BCUT2D eigenvalue weighted by Gasteiger charge is 2.47. The molecule has 0 radical (unpaired) electrons. The van der Waals surface area contributed by atoms with Crippen LogP contribution in [0.5, 0.6) is 0 Å². The zero-order chi connectivity index (χ0) is 9.42. The van der Waals surface area contributed by atoms with Gasteiger partial charge < -0.3 is 14.9 Å². The van der Waals surface area contributed by atoms with Gasteiger partial charge in [0, 0.05) is 13.7 Å². The van der Waals surface area contributed by atoms with Crippen LogP contribution in [0.15, 0.2) is 0 Å². The third-order valence-corrected chi connectivity index (χ3v) is 3.73. The lowest BCUT2D eigenvalue weighted by atomic mass is 9.62. The van der Waals surface area contributed by atoms with Crippen LogP contribution in [0.1, 0.15) is 19.3 Å². The number of ether oxygens (including phenoxy) is 1. The molecule has 0 aromatic rings. The highest BCUT2D eigenvalue weighted by molar-refractivity contribution is 4.97.